The van der Waals surface area contributed by atoms with Gasteiger partial charge in [0.2, 0.25) is 0 Å². The van der Waals surface area contributed by atoms with Gasteiger partial charge in [-0.2, -0.15) is 13.2 Å². The second-order valence-electron chi connectivity index (χ2n) is 7.71. The predicted molar refractivity (Wildman–Crippen MR) is 99.3 cm³/mol. The van der Waals surface area contributed by atoms with Crippen LogP contribution < -0.4 is 10.8 Å². The molecule has 0 bridgehead atoms. The zero-order valence-corrected chi connectivity index (χ0v) is 16.2. The van der Waals surface area contributed by atoms with Crippen molar-refractivity contribution in [2.24, 2.45) is 0 Å². The summed E-state index contributed by atoms with van der Waals surface area (Å²) < 4.78 is 64.5. The van der Waals surface area contributed by atoms with Crippen LogP contribution in [0.3, 0.4) is 0 Å². The molecule has 1 N–H and O–H groups in total. The summed E-state index contributed by atoms with van der Waals surface area (Å²) in [4.78, 5) is 16.0. The molecule has 3 rings (SSSR count). The highest BCUT2D eigenvalue weighted by Gasteiger charge is 2.52. The number of rotatable bonds is 3. The van der Waals surface area contributed by atoms with Gasteiger partial charge in [-0.05, 0) is 58.0 Å². The minimum atomic E-state index is -4.60. The average Bonchev–Trinajstić information content (AvgIpc) is 2.83. The van der Waals surface area contributed by atoms with Crippen molar-refractivity contribution < 1.29 is 31.7 Å². The van der Waals surface area contributed by atoms with Gasteiger partial charge in [0.15, 0.2) is 0 Å². The molecule has 0 saturated carbocycles. The van der Waals surface area contributed by atoms with Crippen molar-refractivity contribution in [2.75, 3.05) is 5.32 Å². The zero-order chi connectivity index (χ0) is 21.6. The van der Waals surface area contributed by atoms with Crippen LogP contribution in [0.1, 0.15) is 43.7 Å². The van der Waals surface area contributed by atoms with Crippen LogP contribution in [0.5, 0.6) is 0 Å². The molecule has 0 atom stereocenters. The molecule has 1 aromatic heterocycles. The maximum Gasteiger partial charge on any atom is 0.497 e. The monoisotopic (exact) mass is 410 g/mol. The molecule has 2 aromatic rings. The minimum absolute atomic E-state index is 0.0680. The van der Waals surface area contributed by atoms with Crippen LogP contribution in [0, 0.1) is 5.82 Å². The molecule has 2 heterocycles. The van der Waals surface area contributed by atoms with Crippen LogP contribution in [0.2, 0.25) is 0 Å². The van der Waals surface area contributed by atoms with Crippen molar-refractivity contribution in [3.8, 4) is 0 Å². The maximum absolute atomic E-state index is 14.4. The molecule has 1 saturated heterocycles. The number of nitrogens with one attached hydrogen (secondary N) is 1. The van der Waals surface area contributed by atoms with Crippen LogP contribution in [-0.4, -0.2) is 29.2 Å². The van der Waals surface area contributed by atoms with Gasteiger partial charge < -0.3 is 14.6 Å². The molecular formula is C19H19BF4N2O3. The van der Waals surface area contributed by atoms with Gasteiger partial charge in [0.1, 0.15) is 11.5 Å². The molecule has 1 amide bonds. The third-order valence-corrected chi connectivity index (χ3v) is 5.08. The summed E-state index contributed by atoms with van der Waals surface area (Å²) >= 11 is 0. The van der Waals surface area contributed by atoms with Gasteiger partial charge in [0.25, 0.3) is 5.91 Å². The number of pyridine rings is 1. The second-order valence-corrected chi connectivity index (χ2v) is 7.71. The van der Waals surface area contributed by atoms with Crippen molar-refractivity contribution >= 4 is 24.2 Å². The standard InChI is InChI=1S/C19H19BF4N2O3/c1-17(2)18(3,4)29-20(28-17)13-10-12(5-6-14(13)21)26-16(27)15-9-11(7-8-25-15)19(22,23)24/h5-10H,1-4H3,(H,26,27). The summed E-state index contributed by atoms with van der Waals surface area (Å²) in [6, 6.07) is 5.15. The van der Waals surface area contributed by atoms with Gasteiger partial charge in [-0.1, -0.05) is 0 Å². The average molecular weight is 410 g/mol. The summed E-state index contributed by atoms with van der Waals surface area (Å²) in [6.45, 7) is 7.26. The van der Waals surface area contributed by atoms with Crippen LogP contribution in [0.15, 0.2) is 36.5 Å². The van der Waals surface area contributed by atoms with E-state index in [9.17, 15) is 22.4 Å². The number of nitrogens with zero attached hydrogens (tertiary/aromatic N) is 1. The van der Waals surface area contributed by atoms with Gasteiger partial charge in [-0.15, -0.1) is 0 Å². The first-order valence-corrected chi connectivity index (χ1v) is 8.80. The Labute approximate surface area is 165 Å². The fraction of sp³-hybridized carbons (Fsp3) is 0.368. The van der Waals surface area contributed by atoms with E-state index in [1.807, 2.05) is 27.7 Å². The zero-order valence-electron chi connectivity index (χ0n) is 16.2. The fourth-order valence-electron chi connectivity index (χ4n) is 2.70. The third-order valence-electron chi connectivity index (χ3n) is 5.08. The molecule has 1 aromatic carbocycles. The number of anilines is 1. The number of carbonyl (C=O) groups excluding carboxylic acids is 1. The summed E-state index contributed by atoms with van der Waals surface area (Å²) in [5.41, 5.74) is -2.55. The highest BCUT2D eigenvalue weighted by Crippen LogP contribution is 2.36. The highest BCUT2D eigenvalue weighted by molar-refractivity contribution is 6.62. The predicted octanol–water partition coefficient (Wildman–Crippen LogP) is 3.79. The lowest BCUT2D eigenvalue weighted by molar-refractivity contribution is -0.137. The smallest absolute Gasteiger partial charge is 0.399 e. The molecule has 10 heteroatoms. The van der Waals surface area contributed by atoms with E-state index in [2.05, 4.69) is 10.3 Å². The number of alkyl halides is 3. The third kappa shape index (κ3) is 4.28. The van der Waals surface area contributed by atoms with Crippen LogP contribution in [-0.2, 0) is 15.5 Å². The number of carbonyl (C=O) groups is 1. The van der Waals surface area contributed by atoms with E-state index in [1.54, 1.807) is 0 Å². The molecule has 1 aliphatic heterocycles. The van der Waals surface area contributed by atoms with Gasteiger partial charge in [-0.3, -0.25) is 9.78 Å². The summed E-state index contributed by atoms with van der Waals surface area (Å²) in [7, 11) is -0.997. The molecule has 154 valence electrons. The number of amides is 1. The first kappa shape index (κ1) is 21.3. The lowest BCUT2D eigenvalue weighted by Gasteiger charge is -2.32. The van der Waals surface area contributed by atoms with Crippen molar-refractivity contribution in [1.82, 2.24) is 4.98 Å². The second kappa shape index (κ2) is 7.10. The topological polar surface area (TPSA) is 60.5 Å². The minimum Gasteiger partial charge on any atom is -0.399 e. The number of halogens is 4. The van der Waals surface area contributed by atoms with E-state index in [0.717, 1.165) is 18.3 Å². The van der Waals surface area contributed by atoms with E-state index in [-0.39, 0.29) is 11.2 Å². The number of benzene rings is 1. The van der Waals surface area contributed by atoms with Gasteiger partial charge in [0, 0.05) is 17.3 Å². The first-order valence-electron chi connectivity index (χ1n) is 8.80. The van der Waals surface area contributed by atoms with Crippen LogP contribution >= 0.6 is 0 Å². The van der Waals surface area contributed by atoms with Gasteiger partial charge in [-0.25, -0.2) is 4.39 Å². The van der Waals surface area contributed by atoms with Crippen LogP contribution in [0.25, 0.3) is 0 Å². The first-order chi connectivity index (χ1) is 13.3. The molecule has 5 nitrogen and oxygen atoms in total. The Hall–Kier alpha value is -2.46. The number of hydrogen-bond donors (Lipinski definition) is 1. The highest BCUT2D eigenvalue weighted by atomic mass is 19.4. The fourth-order valence-corrected chi connectivity index (χ4v) is 2.70. The van der Waals surface area contributed by atoms with Crippen molar-refractivity contribution in [2.45, 2.75) is 45.1 Å². The Kier molecular flexibility index (Phi) is 5.21. The number of hydrogen-bond acceptors (Lipinski definition) is 4. The quantitative estimate of drug-likeness (QED) is 0.618. The largest absolute Gasteiger partial charge is 0.497 e. The molecule has 1 aliphatic rings. The summed E-state index contributed by atoms with van der Waals surface area (Å²) in [6.07, 6.45) is -3.70. The molecule has 1 fully saturated rings. The maximum atomic E-state index is 14.4. The van der Waals surface area contributed by atoms with E-state index in [0.29, 0.717) is 6.07 Å². The van der Waals surface area contributed by atoms with E-state index in [4.69, 9.17) is 9.31 Å². The van der Waals surface area contributed by atoms with E-state index < -0.39 is 47.5 Å². The summed E-state index contributed by atoms with van der Waals surface area (Å²) in [5, 5.41) is 2.42. The molecule has 0 spiro atoms. The number of aromatic nitrogens is 1. The molecule has 0 aliphatic carbocycles. The van der Waals surface area contributed by atoms with Crippen molar-refractivity contribution in [3.63, 3.8) is 0 Å². The Morgan fingerprint density at radius 1 is 1.07 bits per heavy atom. The Balaban J connectivity index is 1.83. The van der Waals surface area contributed by atoms with Crippen molar-refractivity contribution in [1.29, 1.82) is 0 Å². The van der Waals surface area contributed by atoms with Crippen molar-refractivity contribution in [3.05, 3.63) is 53.6 Å². The Bertz CT molecular complexity index is 931. The lowest BCUT2D eigenvalue weighted by atomic mass is 9.78. The lowest BCUT2D eigenvalue weighted by Crippen LogP contribution is -2.41. The molecule has 0 unspecified atom stereocenters. The van der Waals surface area contributed by atoms with E-state index >= 15 is 0 Å². The Morgan fingerprint density at radius 2 is 1.69 bits per heavy atom. The molecule has 29 heavy (non-hydrogen) atoms. The van der Waals surface area contributed by atoms with Gasteiger partial charge >= 0.3 is 13.3 Å². The van der Waals surface area contributed by atoms with Gasteiger partial charge in [0.05, 0.1) is 16.8 Å². The van der Waals surface area contributed by atoms with Crippen LogP contribution in [0.4, 0.5) is 23.2 Å². The van der Waals surface area contributed by atoms with E-state index in [1.165, 1.54) is 12.1 Å². The molecular weight excluding hydrogens is 391 g/mol. The summed E-state index contributed by atoms with van der Waals surface area (Å²) in [5.74, 6) is -1.46. The Morgan fingerprint density at radius 3 is 2.28 bits per heavy atom. The SMILES string of the molecule is CC1(C)OB(c2cc(NC(=O)c3cc(C(F)(F)F)ccn3)ccc2F)OC1(C)C. The molecule has 0 radical (unpaired) electrons. The normalized spacial score (nSPS) is 18.0.